The van der Waals surface area contributed by atoms with E-state index in [9.17, 15) is 0 Å². The van der Waals surface area contributed by atoms with Crippen molar-refractivity contribution in [3.8, 4) is 0 Å². The van der Waals surface area contributed by atoms with Crippen LogP contribution in [-0.2, 0) is 17.1 Å². The van der Waals surface area contributed by atoms with Gasteiger partial charge in [-0.2, -0.15) is 0 Å². The van der Waals surface area contributed by atoms with Crippen LogP contribution in [0.1, 0.15) is 132 Å². The average molecular weight is 537 g/mol. The van der Waals surface area contributed by atoms with Crippen molar-refractivity contribution in [3.63, 3.8) is 0 Å². The third kappa shape index (κ3) is 7.69. The van der Waals surface area contributed by atoms with Crippen molar-refractivity contribution < 1.29 is 17.1 Å². The third-order valence-corrected chi connectivity index (χ3v) is 18.8. The predicted molar refractivity (Wildman–Crippen MR) is 151 cm³/mol. The van der Waals surface area contributed by atoms with Crippen LogP contribution < -0.4 is 0 Å². The summed E-state index contributed by atoms with van der Waals surface area (Å²) >= 11 is 0. The van der Waals surface area contributed by atoms with E-state index in [1.54, 1.807) is 51.4 Å². The molecule has 4 atom stereocenters. The van der Waals surface area contributed by atoms with Crippen LogP contribution >= 0.6 is 15.8 Å². The minimum absolute atomic E-state index is 0. The van der Waals surface area contributed by atoms with E-state index in [2.05, 4.69) is 55.4 Å². The normalized spacial score (nSPS) is 32.4. The van der Waals surface area contributed by atoms with Gasteiger partial charge in [0.25, 0.3) is 0 Å². The third-order valence-electron chi connectivity index (χ3n) is 9.62. The van der Waals surface area contributed by atoms with Crippen LogP contribution in [0.2, 0.25) is 0 Å². The maximum absolute atomic E-state index is 2.47. The largest absolute Gasteiger partial charge is 0.0966 e. The summed E-state index contributed by atoms with van der Waals surface area (Å²) in [5.74, 6) is 3.76. The first kappa shape index (κ1) is 30.6. The van der Waals surface area contributed by atoms with E-state index in [-0.39, 0.29) is 17.1 Å². The monoisotopic (exact) mass is 536 g/mol. The summed E-state index contributed by atoms with van der Waals surface area (Å²) in [7, 11) is 0.696. The van der Waals surface area contributed by atoms with Crippen LogP contribution in [0, 0.1) is 23.7 Å². The molecule has 2 saturated heterocycles. The van der Waals surface area contributed by atoms with Gasteiger partial charge in [-0.25, -0.2) is 0 Å². The molecule has 2 aliphatic heterocycles. The van der Waals surface area contributed by atoms with Crippen LogP contribution in [-0.4, -0.2) is 34.0 Å². The fraction of sp³-hybridized carbons (Fsp3) is 1.00. The van der Waals surface area contributed by atoms with Gasteiger partial charge in [0, 0.05) is 17.1 Å². The van der Waals surface area contributed by atoms with Crippen molar-refractivity contribution in [2.45, 2.75) is 166 Å². The first-order chi connectivity index (χ1) is 15.2. The molecule has 0 amide bonds. The minimum atomic E-state index is 0. The van der Waals surface area contributed by atoms with Crippen molar-refractivity contribution in [2.75, 3.05) is 0 Å². The second-order valence-corrected chi connectivity index (χ2v) is 19.1. The van der Waals surface area contributed by atoms with Crippen molar-refractivity contribution >= 4 is 15.8 Å². The SMILES string of the molecule is CC(C)[C@@H]1CC[C@@H](C(C)C)P1C1CCCC1.CC(C)[C@@H]1CC[C@@H](C(C)C)P1C1CCCC1.[Fe]. The number of rotatable bonds is 6. The molecule has 4 aliphatic rings. The molecule has 33 heavy (non-hydrogen) atoms. The Morgan fingerprint density at radius 3 is 0.788 bits per heavy atom. The Labute approximate surface area is 222 Å². The van der Waals surface area contributed by atoms with E-state index in [0.717, 1.165) is 57.6 Å². The Hall–Kier alpha value is 1.38. The fourth-order valence-electron chi connectivity index (χ4n) is 7.97. The summed E-state index contributed by atoms with van der Waals surface area (Å²) in [6.07, 6.45) is 18.6. The van der Waals surface area contributed by atoms with Gasteiger partial charge in [0.05, 0.1) is 0 Å². The molecule has 0 aromatic rings. The second kappa shape index (κ2) is 14.4. The second-order valence-electron chi connectivity index (χ2n) is 13.2. The molecule has 0 N–H and O–H groups in total. The fourth-order valence-corrected chi connectivity index (χ4v) is 17.6. The van der Waals surface area contributed by atoms with Gasteiger partial charge in [0.2, 0.25) is 0 Å². The molecule has 4 rings (SSSR count). The summed E-state index contributed by atoms with van der Waals surface area (Å²) in [6, 6.07) is 0. The first-order valence-corrected chi connectivity index (χ1v) is 17.9. The molecule has 0 aromatic heterocycles. The summed E-state index contributed by atoms with van der Waals surface area (Å²) in [6.45, 7) is 19.8. The van der Waals surface area contributed by atoms with Crippen LogP contribution in [0.25, 0.3) is 0 Å². The Balaban J connectivity index is 0.000000227. The smallest absolute Gasteiger partial charge is 0 e. The van der Waals surface area contributed by atoms with Crippen LogP contribution in [0.5, 0.6) is 0 Å². The van der Waals surface area contributed by atoms with E-state index >= 15 is 0 Å². The maximum atomic E-state index is 2.47. The van der Waals surface area contributed by atoms with Gasteiger partial charge in [0.1, 0.15) is 0 Å². The van der Waals surface area contributed by atoms with E-state index in [1.807, 2.05) is 0 Å². The summed E-state index contributed by atoms with van der Waals surface area (Å²) in [4.78, 5) is 0. The molecule has 0 spiro atoms. The topological polar surface area (TPSA) is 0 Å². The molecule has 0 bridgehead atoms. The molecule has 2 heterocycles. The molecule has 0 radical (unpaired) electrons. The van der Waals surface area contributed by atoms with E-state index in [1.165, 1.54) is 25.7 Å². The van der Waals surface area contributed by atoms with E-state index in [4.69, 9.17) is 0 Å². The Morgan fingerprint density at radius 2 is 0.606 bits per heavy atom. The van der Waals surface area contributed by atoms with Crippen molar-refractivity contribution in [1.82, 2.24) is 0 Å². The van der Waals surface area contributed by atoms with Gasteiger partial charge < -0.3 is 0 Å². The van der Waals surface area contributed by atoms with Gasteiger partial charge in [-0.05, 0) is 109 Å². The quantitative estimate of drug-likeness (QED) is 0.234. The van der Waals surface area contributed by atoms with E-state index in [0.29, 0.717) is 15.8 Å². The molecule has 0 unspecified atom stereocenters. The van der Waals surface area contributed by atoms with Crippen LogP contribution in [0.4, 0.5) is 0 Å². The molecule has 0 nitrogen and oxygen atoms in total. The van der Waals surface area contributed by atoms with Crippen LogP contribution in [0.15, 0.2) is 0 Å². The van der Waals surface area contributed by atoms with E-state index < -0.39 is 0 Å². The van der Waals surface area contributed by atoms with Crippen molar-refractivity contribution in [1.29, 1.82) is 0 Å². The zero-order valence-corrected chi connectivity index (χ0v) is 26.4. The predicted octanol–water partition coefficient (Wildman–Crippen LogP) is 10.5. The Bertz CT molecular complexity index is 453. The van der Waals surface area contributed by atoms with Gasteiger partial charge >= 0.3 is 0 Å². The first-order valence-electron chi connectivity index (χ1n) is 14.8. The van der Waals surface area contributed by atoms with Crippen LogP contribution in [0.3, 0.4) is 0 Å². The summed E-state index contributed by atoms with van der Waals surface area (Å²) in [5.41, 5.74) is 6.71. The number of hydrogen-bond donors (Lipinski definition) is 0. The van der Waals surface area contributed by atoms with Gasteiger partial charge in [-0.15, -0.1) is 0 Å². The van der Waals surface area contributed by atoms with Gasteiger partial charge in [-0.3, -0.25) is 0 Å². The Kier molecular flexibility index (Phi) is 13.3. The molecule has 0 aromatic carbocycles. The maximum Gasteiger partial charge on any atom is 0 e. The van der Waals surface area contributed by atoms with Gasteiger partial charge in [0.15, 0.2) is 0 Å². The average Bonchev–Trinajstić information content (AvgIpc) is 3.54. The van der Waals surface area contributed by atoms with Gasteiger partial charge in [-0.1, -0.05) is 96.9 Å². The zero-order chi connectivity index (χ0) is 23.4. The standard InChI is InChI=1S/2C15H29P.Fe/c2*1-11(2)14-9-10-15(12(3)4)16(14)13-7-5-6-8-13;/h2*11-15H,5-10H2,1-4H3;/t2*14-,15-;/m00./s1. The molecular formula is C30H58FeP2. The molecule has 2 saturated carbocycles. The summed E-state index contributed by atoms with van der Waals surface area (Å²) < 4.78 is 0. The minimum Gasteiger partial charge on any atom is -0.0966 e. The molecule has 2 aliphatic carbocycles. The molecule has 3 heteroatoms. The number of hydrogen-bond acceptors (Lipinski definition) is 0. The molecule has 196 valence electrons. The Morgan fingerprint density at radius 1 is 0.394 bits per heavy atom. The zero-order valence-electron chi connectivity index (χ0n) is 23.5. The summed E-state index contributed by atoms with van der Waals surface area (Å²) in [5, 5.41) is 0. The molecule has 4 fully saturated rings. The molecular weight excluding hydrogens is 478 g/mol. The van der Waals surface area contributed by atoms with Crippen molar-refractivity contribution in [2.24, 2.45) is 23.7 Å². The van der Waals surface area contributed by atoms with Crippen molar-refractivity contribution in [3.05, 3.63) is 0 Å².